The fourth-order valence-electron chi connectivity index (χ4n) is 1.49. The van der Waals surface area contributed by atoms with Crippen LogP contribution in [-0.4, -0.2) is 26.9 Å². The normalized spacial score (nSPS) is 10.6. The maximum atomic E-state index is 5.91. The molecule has 0 aliphatic rings. The Morgan fingerprint density at radius 2 is 2.06 bits per heavy atom. The van der Waals surface area contributed by atoms with E-state index in [1.807, 2.05) is 19.9 Å². The molecular formula is C10H12ClN5O. The Morgan fingerprint density at radius 3 is 2.65 bits per heavy atom. The van der Waals surface area contributed by atoms with E-state index in [4.69, 9.17) is 16.4 Å². The minimum Gasteiger partial charge on any atom is -0.278 e. The summed E-state index contributed by atoms with van der Waals surface area (Å²) in [7, 11) is 1.50. The van der Waals surface area contributed by atoms with Crippen LogP contribution in [0, 0.1) is 13.8 Å². The zero-order valence-electron chi connectivity index (χ0n) is 9.73. The first kappa shape index (κ1) is 11.8. The van der Waals surface area contributed by atoms with E-state index in [2.05, 4.69) is 20.5 Å². The number of aryl methyl sites for hydroxylation is 2. The van der Waals surface area contributed by atoms with Gasteiger partial charge in [0.2, 0.25) is 0 Å². The van der Waals surface area contributed by atoms with E-state index in [0.717, 1.165) is 11.4 Å². The minimum absolute atomic E-state index is 0.321. The highest BCUT2D eigenvalue weighted by atomic mass is 35.5. The van der Waals surface area contributed by atoms with Gasteiger partial charge < -0.3 is 0 Å². The molecule has 2 aromatic rings. The number of hydrogen-bond acceptors (Lipinski definition) is 5. The summed E-state index contributed by atoms with van der Waals surface area (Å²) in [4.78, 5) is 13.1. The van der Waals surface area contributed by atoms with E-state index in [1.54, 1.807) is 10.7 Å². The minimum atomic E-state index is 0.321. The van der Waals surface area contributed by atoms with Crippen LogP contribution in [0.5, 0.6) is 0 Å². The molecule has 0 bridgehead atoms. The second-order valence-electron chi connectivity index (χ2n) is 3.52. The summed E-state index contributed by atoms with van der Waals surface area (Å²) in [5, 5.41) is 4.61. The number of nitrogens with zero attached hydrogens (tertiary/aromatic N) is 4. The number of anilines is 1. The van der Waals surface area contributed by atoms with Crippen LogP contribution >= 0.6 is 11.6 Å². The number of nitrogens with one attached hydrogen (secondary N) is 1. The van der Waals surface area contributed by atoms with Crippen LogP contribution in [0.25, 0.3) is 5.95 Å². The van der Waals surface area contributed by atoms with Gasteiger partial charge in [-0.3, -0.25) is 4.84 Å². The zero-order valence-corrected chi connectivity index (χ0v) is 10.5. The molecule has 0 atom stereocenters. The molecule has 7 heteroatoms. The average molecular weight is 254 g/mol. The van der Waals surface area contributed by atoms with Gasteiger partial charge in [-0.1, -0.05) is 11.6 Å². The quantitative estimate of drug-likeness (QED) is 0.669. The van der Waals surface area contributed by atoms with Crippen LogP contribution in [0.15, 0.2) is 12.1 Å². The van der Waals surface area contributed by atoms with Crippen molar-refractivity contribution in [2.45, 2.75) is 13.8 Å². The number of aromatic nitrogens is 4. The molecule has 17 heavy (non-hydrogen) atoms. The van der Waals surface area contributed by atoms with E-state index < -0.39 is 0 Å². The third-order valence-corrected chi connectivity index (χ3v) is 2.28. The van der Waals surface area contributed by atoms with Crippen LogP contribution < -0.4 is 5.48 Å². The van der Waals surface area contributed by atoms with Crippen molar-refractivity contribution in [1.29, 1.82) is 0 Å². The summed E-state index contributed by atoms with van der Waals surface area (Å²) >= 11 is 5.91. The first-order chi connectivity index (χ1) is 8.10. The lowest BCUT2D eigenvalue weighted by Crippen LogP contribution is -2.08. The first-order valence-electron chi connectivity index (χ1n) is 4.97. The summed E-state index contributed by atoms with van der Waals surface area (Å²) in [6.45, 7) is 3.83. The molecule has 0 saturated carbocycles. The third-order valence-electron chi connectivity index (χ3n) is 2.09. The van der Waals surface area contributed by atoms with Gasteiger partial charge in [-0.25, -0.2) is 10.2 Å². The Morgan fingerprint density at radius 1 is 1.29 bits per heavy atom. The molecule has 0 unspecified atom stereocenters. The third kappa shape index (κ3) is 2.54. The highest BCUT2D eigenvalue weighted by Gasteiger charge is 2.09. The molecule has 6 nitrogen and oxygen atoms in total. The van der Waals surface area contributed by atoms with Gasteiger partial charge in [-0.15, -0.1) is 0 Å². The maximum Gasteiger partial charge on any atom is 0.254 e. The Bertz CT molecular complexity index is 539. The van der Waals surface area contributed by atoms with Gasteiger partial charge in [-0.2, -0.15) is 15.1 Å². The number of halogens is 1. The van der Waals surface area contributed by atoms with Gasteiger partial charge in [0, 0.05) is 11.8 Å². The van der Waals surface area contributed by atoms with Crippen molar-refractivity contribution in [2.24, 2.45) is 0 Å². The topological polar surface area (TPSA) is 64.9 Å². The molecule has 2 heterocycles. The molecule has 0 spiro atoms. The van der Waals surface area contributed by atoms with Gasteiger partial charge in [0.1, 0.15) is 5.15 Å². The lowest BCUT2D eigenvalue weighted by atomic mass is 10.4. The van der Waals surface area contributed by atoms with Crippen molar-refractivity contribution in [3.8, 4) is 5.95 Å². The molecule has 0 radical (unpaired) electrons. The summed E-state index contributed by atoms with van der Waals surface area (Å²) in [5.41, 5.74) is 4.44. The number of hydrogen-bond donors (Lipinski definition) is 1. The Balaban J connectivity index is 2.48. The fraction of sp³-hybridized carbons (Fsp3) is 0.300. The van der Waals surface area contributed by atoms with Gasteiger partial charge in [0.15, 0.2) is 5.82 Å². The lowest BCUT2D eigenvalue weighted by Gasteiger charge is -2.06. The Kier molecular flexibility index (Phi) is 3.26. The van der Waals surface area contributed by atoms with Crippen LogP contribution in [0.2, 0.25) is 5.15 Å². The average Bonchev–Trinajstić information content (AvgIpc) is 2.57. The van der Waals surface area contributed by atoms with Crippen molar-refractivity contribution in [3.63, 3.8) is 0 Å². The second kappa shape index (κ2) is 4.68. The maximum absolute atomic E-state index is 5.91. The largest absolute Gasteiger partial charge is 0.278 e. The van der Waals surface area contributed by atoms with Gasteiger partial charge in [0.25, 0.3) is 5.95 Å². The number of rotatable bonds is 3. The summed E-state index contributed by atoms with van der Waals surface area (Å²) in [6.07, 6.45) is 0. The summed E-state index contributed by atoms with van der Waals surface area (Å²) in [6, 6.07) is 3.51. The standard InChI is InChI=1S/C10H12ClN5O/c1-6-4-7(2)16(14-6)10-12-8(11)5-9(13-10)15-17-3/h4-5H,1-3H3,(H,12,13,15). The fourth-order valence-corrected chi connectivity index (χ4v) is 1.67. The van der Waals surface area contributed by atoms with Crippen LogP contribution in [0.1, 0.15) is 11.4 Å². The molecule has 1 N–H and O–H groups in total. The lowest BCUT2D eigenvalue weighted by molar-refractivity contribution is 0.269. The molecule has 0 aliphatic heterocycles. The molecule has 2 aromatic heterocycles. The molecule has 90 valence electrons. The van der Waals surface area contributed by atoms with E-state index in [1.165, 1.54) is 7.11 Å². The Labute approximate surface area is 104 Å². The van der Waals surface area contributed by atoms with Gasteiger partial charge >= 0.3 is 0 Å². The second-order valence-corrected chi connectivity index (χ2v) is 3.91. The molecule has 0 fully saturated rings. The van der Waals surface area contributed by atoms with E-state index in [9.17, 15) is 0 Å². The van der Waals surface area contributed by atoms with E-state index >= 15 is 0 Å². The van der Waals surface area contributed by atoms with Crippen molar-refractivity contribution in [2.75, 3.05) is 12.6 Å². The molecular weight excluding hydrogens is 242 g/mol. The highest BCUT2D eigenvalue weighted by Crippen LogP contribution is 2.15. The molecule has 2 rings (SSSR count). The molecule has 0 amide bonds. The van der Waals surface area contributed by atoms with Crippen molar-refractivity contribution < 1.29 is 4.84 Å². The zero-order chi connectivity index (χ0) is 12.4. The van der Waals surface area contributed by atoms with Gasteiger partial charge in [0.05, 0.1) is 12.8 Å². The predicted octanol–water partition coefficient (Wildman–Crippen LogP) is 1.91. The molecule has 0 aromatic carbocycles. The van der Waals surface area contributed by atoms with E-state index in [-0.39, 0.29) is 0 Å². The summed E-state index contributed by atoms with van der Waals surface area (Å²) < 4.78 is 1.63. The van der Waals surface area contributed by atoms with Crippen LogP contribution in [-0.2, 0) is 4.84 Å². The molecule has 0 aliphatic carbocycles. The smallest absolute Gasteiger partial charge is 0.254 e. The van der Waals surface area contributed by atoms with Crippen molar-refractivity contribution >= 4 is 17.4 Å². The molecule has 0 saturated heterocycles. The van der Waals surface area contributed by atoms with Crippen LogP contribution in [0.4, 0.5) is 5.82 Å². The SMILES string of the molecule is CONc1cc(Cl)nc(-n2nc(C)cc2C)n1. The van der Waals surface area contributed by atoms with E-state index in [0.29, 0.717) is 16.9 Å². The van der Waals surface area contributed by atoms with Crippen LogP contribution in [0.3, 0.4) is 0 Å². The highest BCUT2D eigenvalue weighted by molar-refractivity contribution is 6.29. The van der Waals surface area contributed by atoms with Gasteiger partial charge in [-0.05, 0) is 19.9 Å². The first-order valence-corrected chi connectivity index (χ1v) is 5.35. The Hall–Kier alpha value is -1.66. The van der Waals surface area contributed by atoms with Crippen molar-refractivity contribution in [3.05, 3.63) is 28.7 Å². The predicted molar refractivity (Wildman–Crippen MR) is 64.3 cm³/mol. The van der Waals surface area contributed by atoms with Crippen molar-refractivity contribution in [1.82, 2.24) is 19.7 Å². The summed E-state index contributed by atoms with van der Waals surface area (Å²) in [5.74, 6) is 0.887. The monoisotopic (exact) mass is 253 g/mol.